The van der Waals surface area contributed by atoms with Crippen molar-refractivity contribution in [1.29, 1.82) is 0 Å². The molecule has 0 unspecified atom stereocenters. The predicted octanol–water partition coefficient (Wildman–Crippen LogP) is 3.20. The summed E-state index contributed by atoms with van der Waals surface area (Å²) in [5.74, 6) is -6.02. The second kappa shape index (κ2) is 15.8. The average Bonchev–Trinajstić information content (AvgIpc) is 2.97. The highest BCUT2D eigenvalue weighted by molar-refractivity contribution is 7.90. The van der Waals surface area contributed by atoms with Gasteiger partial charge in [-0.25, -0.2) is 17.9 Å². The summed E-state index contributed by atoms with van der Waals surface area (Å²) in [7, 11) is -3.96. The van der Waals surface area contributed by atoms with Gasteiger partial charge in [0.05, 0.1) is 21.4 Å². The van der Waals surface area contributed by atoms with E-state index in [-0.39, 0.29) is 47.4 Å². The zero-order valence-corrected chi connectivity index (χ0v) is 24.6. The van der Waals surface area contributed by atoms with Crippen molar-refractivity contribution >= 4 is 51.4 Å². The Kier molecular flexibility index (Phi) is 12.5. The van der Waals surface area contributed by atoms with E-state index in [0.717, 1.165) is 6.92 Å². The summed E-state index contributed by atoms with van der Waals surface area (Å²) in [4.78, 5) is 67.2. The number of aliphatic carboxylic acids is 3. The number of nitrogens with one attached hydrogen (secondary N) is 2. The van der Waals surface area contributed by atoms with Crippen LogP contribution in [-0.4, -0.2) is 64.5 Å². The molecular formula is C30H30N2O12S. The van der Waals surface area contributed by atoms with Gasteiger partial charge >= 0.3 is 23.9 Å². The van der Waals surface area contributed by atoms with Crippen molar-refractivity contribution in [2.45, 2.75) is 42.9 Å². The van der Waals surface area contributed by atoms with Crippen LogP contribution in [-0.2, 0) is 34.6 Å². The van der Waals surface area contributed by atoms with E-state index in [9.17, 15) is 42.3 Å². The number of aromatic carboxylic acids is 1. The molecule has 0 aliphatic heterocycles. The molecule has 0 aliphatic carbocycles. The predicted molar refractivity (Wildman–Crippen MR) is 158 cm³/mol. The summed E-state index contributed by atoms with van der Waals surface area (Å²) in [5, 5.41) is 38.7. The number of benzene rings is 3. The maximum Gasteiger partial charge on any atom is 0.336 e. The fourth-order valence-electron chi connectivity index (χ4n) is 4.18. The lowest BCUT2D eigenvalue weighted by Gasteiger charge is -2.29. The maximum absolute atomic E-state index is 12.2. The Morgan fingerprint density at radius 1 is 0.689 bits per heavy atom. The fourth-order valence-corrected chi connectivity index (χ4v) is 5.17. The van der Waals surface area contributed by atoms with Gasteiger partial charge in [-0.1, -0.05) is 42.5 Å². The zero-order chi connectivity index (χ0) is 33.8. The number of hydrogen-bond donors (Lipinski definition) is 6. The molecule has 0 radical (unpaired) electrons. The van der Waals surface area contributed by atoms with Gasteiger partial charge in [0.2, 0.25) is 5.91 Å². The fraction of sp³-hybridized carbons (Fsp3) is 0.200. The van der Waals surface area contributed by atoms with Crippen molar-refractivity contribution in [2.75, 3.05) is 5.32 Å². The highest BCUT2D eigenvalue weighted by Gasteiger charge is 2.40. The molecule has 0 atom stereocenters. The van der Waals surface area contributed by atoms with Crippen molar-refractivity contribution in [3.63, 3.8) is 0 Å². The first-order valence-electron chi connectivity index (χ1n) is 13.1. The minimum atomic E-state index is -3.96. The summed E-state index contributed by atoms with van der Waals surface area (Å²) < 4.78 is 25.5. The zero-order valence-electron chi connectivity index (χ0n) is 23.8. The second-order valence-electron chi connectivity index (χ2n) is 9.53. The Hall–Kier alpha value is -5.57. The van der Waals surface area contributed by atoms with E-state index in [1.165, 1.54) is 48.5 Å². The van der Waals surface area contributed by atoms with Crippen LogP contribution in [0, 0.1) is 0 Å². The van der Waals surface area contributed by atoms with Crippen LogP contribution in [0.4, 0.5) is 5.69 Å². The van der Waals surface area contributed by atoms with Crippen LogP contribution in [0.2, 0.25) is 0 Å². The lowest BCUT2D eigenvalue weighted by molar-refractivity contribution is -0.146. The van der Waals surface area contributed by atoms with E-state index in [4.69, 9.17) is 15.3 Å². The quantitative estimate of drug-likeness (QED) is 0.157. The number of carbonyl (C=O) groups is 6. The number of carboxylic acid groups (broad SMARTS) is 4. The number of hydrogen-bond acceptors (Lipinski definition) is 8. The van der Waals surface area contributed by atoms with Crippen LogP contribution in [0.5, 0.6) is 0 Å². The Labute approximate surface area is 257 Å². The number of carboxylic acids is 4. The third-order valence-corrected chi connectivity index (χ3v) is 7.82. The molecule has 15 heteroatoms. The summed E-state index contributed by atoms with van der Waals surface area (Å²) in [5.41, 5.74) is -0.963. The molecule has 45 heavy (non-hydrogen) atoms. The van der Waals surface area contributed by atoms with Crippen LogP contribution >= 0.6 is 0 Å². The first-order valence-corrected chi connectivity index (χ1v) is 14.6. The SMILES string of the molecule is CC(=O)NS(=O)(=O)c1ccc(NC(=O)c2ccccc2C(=O)O)cc1.O=C(O)CCC(CCC(=O)O)(C(=O)O)c1ccccc1. The molecule has 14 nitrogen and oxygen atoms in total. The normalized spacial score (nSPS) is 10.9. The van der Waals surface area contributed by atoms with E-state index in [0.29, 0.717) is 5.56 Å². The third kappa shape index (κ3) is 10.3. The molecule has 0 bridgehead atoms. The first-order chi connectivity index (χ1) is 21.1. The van der Waals surface area contributed by atoms with Crippen LogP contribution in [0.1, 0.15) is 58.9 Å². The topological polar surface area (TPSA) is 242 Å². The van der Waals surface area contributed by atoms with E-state index < -0.39 is 51.1 Å². The largest absolute Gasteiger partial charge is 0.481 e. The molecule has 3 aromatic carbocycles. The number of sulfonamides is 1. The number of rotatable bonds is 13. The van der Waals surface area contributed by atoms with Gasteiger partial charge in [0.25, 0.3) is 15.9 Å². The molecule has 0 spiro atoms. The highest BCUT2D eigenvalue weighted by Crippen LogP contribution is 2.35. The standard InChI is InChI=1S/C16H14N2O6S.C14H16O6/c1-10(19)18-25(23,24)12-8-6-11(7-9-12)17-15(20)13-4-2-3-5-14(13)16(21)22;15-11(16)6-8-14(13(19)20,9-7-12(17)18)10-4-2-1-3-5-10/h2-9H,1H3,(H,17,20)(H,18,19)(H,21,22);1-5H,6-9H2,(H,15,16)(H,17,18)(H,19,20). The summed E-state index contributed by atoms with van der Waals surface area (Å²) in [6.45, 7) is 1.08. The monoisotopic (exact) mass is 642 g/mol. The molecule has 0 heterocycles. The van der Waals surface area contributed by atoms with Crippen LogP contribution in [0.25, 0.3) is 0 Å². The molecule has 238 valence electrons. The molecule has 6 N–H and O–H groups in total. The highest BCUT2D eigenvalue weighted by atomic mass is 32.2. The Balaban J connectivity index is 0.000000322. The van der Waals surface area contributed by atoms with Gasteiger partial charge in [0.15, 0.2) is 0 Å². The number of carbonyl (C=O) groups excluding carboxylic acids is 2. The average molecular weight is 643 g/mol. The van der Waals surface area contributed by atoms with Gasteiger partial charge in [-0.05, 0) is 54.8 Å². The van der Waals surface area contributed by atoms with Crippen molar-refractivity contribution < 1.29 is 57.6 Å². The van der Waals surface area contributed by atoms with E-state index in [2.05, 4.69) is 5.32 Å². The van der Waals surface area contributed by atoms with Gasteiger partial charge in [0.1, 0.15) is 0 Å². The van der Waals surface area contributed by atoms with Crippen LogP contribution < -0.4 is 10.0 Å². The van der Waals surface area contributed by atoms with Gasteiger partial charge < -0.3 is 25.7 Å². The van der Waals surface area contributed by atoms with Gasteiger partial charge in [-0.15, -0.1) is 0 Å². The van der Waals surface area contributed by atoms with Crippen LogP contribution in [0.15, 0.2) is 83.8 Å². The van der Waals surface area contributed by atoms with E-state index >= 15 is 0 Å². The molecule has 0 saturated carbocycles. The smallest absolute Gasteiger partial charge is 0.336 e. The Morgan fingerprint density at radius 3 is 1.62 bits per heavy atom. The van der Waals surface area contributed by atoms with E-state index in [1.54, 1.807) is 30.3 Å². The minimum absolute atomic E-state index is 0.0232. The Bertz CT molecular complexity index is 1650. The second-order valence-corrected chi connectivity index (χ2v) is 11.2. The Morgan fingerprint density at radius 2 is 1.18 bits per heavy atom. The molecule has 2 amide bonds. The van der Waals surface area contributed by atoms with Crippen molar-refractivity contribution in [1.82, 2.24) is 4.72 Å². The van der Waals surface area contributed by atoms with Crippen LogP contribution in [0.3, 0.4) is 0 Å². The number of anilines is 1. The molecule has 0 fully saturated rings. The van der Waals surface area contributed by atoms with Gasteiger partial charge in [-0.2, -0.15) is 0 Å². The summed E-state index contributed by atoms with van der Waals surface area (Å²) >= 11 is 0. The first kappa shape index (κ1) is 35.6. The molecular weight excluding hydrogens is 612 g/mol. The summed E-state index contributed by atoms with van der Waals surface area (Å²) in [6.07, 6.45) is -0.953. The van der Waals surface area contributed by atoms with Gasteiger partial charge in [0, 0.05) is 25.5 Å². The molecule has 0 saturated heterocycles. The molecule has 3 rings (SSSR count). The molecule has 3 aromatic rings. The van der Waals surface area contributed by atoms with Crippen molar-refractivity contribution in [3.05, 3.63) is 95.6 Å². The molecule has 0 aromatic heterocycles. The minimum Gasteiger partial charge on any atom is -0.481 e. The van der Waals surface area contributed by atoms with Gasteiger partial charge in [-0.3, -0.25) is 24.0 Å². The van der Waals surface area contributed by atoms with E-state index in [1.807, 2.05) is 4.72 Å². The van der Waals surface area contributed by atoms with Crippen molar-refractivity contribution in [3.8, 4) is 0 Å². The molecule has 0 aliphatic rings. The lowest BCUT2D eigenvalue weighted by atomic mass is 9.73. The summed E-state index contributed by atoms with van der Waals surface area (Å²) in [6, 6.07) is 19.0. The lowest BCUT2D eigenvalue weighted by Crippen LogP contribution is -2.37. The number of amides is 2. The van der Waals surface area contributed by atoms with Crippen molar-refractivity contribution in [2.24, 2.45) is 0 Å². The third-order valence-electron chi connectivity index (χ3n) is 6.37. The maximum atomic E-state index is 12.2.